The van der Waals surface area contributed by atoms with E-state index in [1.807, 2.05) is 11.8 Å². The summed E-state index contributed by atoms with van der Waals surface area (Å²) >= 11 is 0. The molecule has 1 unspecified atom stereocenters. The summed E-state index contributed by atoms with van der Waals surface area (Å²) in [5.74, 6) is 0.495. The maximum Gasteiger partial charge on any atom is 0.257 e. The lowest BCUT2D eigenvalue weighted by atomic mass is 9.94. The summed E-state index contributed by atoms with van der Waals surface area (Å²) in [6.07, 6.45) is 3.12. The summed E-state index contributed by atoms with van der Waals surface area (Å²) in [6.45, 7) is 4.11. The molecular weight excluding hydrogens is 276 g/mol. The Morgan fingerprint density at radius 2 is 2.25 bits per heavy atom. The normalized spacial score (nSPS) is 18.5. The van der Waals surface area contributed by atoms with E-state index in [-0.39, 0.29) is 24.1 Å². The van der Waals surface area contributed by atoms with Gasteiger partial charge >= 0.3 is 0 Å². The zero-order valence-electron chi connectivity index (χ0n) is 11.8. The number of nitrogens with zero attached hydrogens (tertiary/aromatic N) is 1. The van der Waals surface area contributed by atoms with Crippen LogP contribution in [-0.4, -0.2) is 35.5 Å². The summed E-state index contributed by atoms with van der Waals surface area (Å²) in [7, 11) is 0. The molecule has 1 fully saturated rings. The van der Waals surface area contributed by atoms with Crippen molar-refractivity contribution in [3.05, 3.63) is 29.3 Å². The van der Waals surface area contributed by atoms with E-state index >= 15 is 0 Å². The van der Waals surface area contributed by atoms with Crippen LogP contribution in [0.5, 0.6) is 5.75 Å². The molecule has 1 aromatic carbocycles. The van der Waals surface area contributed by atoms with Gasteiger partial charge in [0.25, 0.3) is 5.91 Å². The highest BCUT2D eigenvalue weighted by molar-refractivity contribution is 5.97. The van der Waals surface area contributed by atoms with Gasteiger partial charge in [0.05, 0.1) is 5.56 Å². The first kappa shape index (κ1) is 16.8. The minimum Gasteiger partial charge on any atom is -0.507 e. The quantitative estimate of drug-likeness (QED) is 0.900. The molecule has 1 atom stereocenters. The first-order valence-corrected chi connectivity index (χ1v) is 6.90. The summed E-state index contributed by atoms with van der Waals surface area (Å²) in [5.41, 5.74) is 6.99. The lowest BCUT2D eigenvalue weighted by molar-refractivity contribution is 0.0666. The van der Waals surface area contributed by atoms with Gasteiger partial charge in [-0.05, 0) is 50.8 Å². The summed E-state index contributed by atoms with van der Waals surface area (Å²) < 4.78 is 0. The van der Waals surface area contributed by atoms with Crippen LogP contribution in [0.2, 0.25) is 0 Å². The van der Waals surface area contributed by atoms with E-state index in [0.717, 1.165) is 37.9 Å². The van der Waals surface area contributed by atoms with Crippen LogP contribution in [0.25, 0.3) is 0 Å². The largest absolute Gasteiger partial charge is 0.507 e. The Hall–Kier alpha value is -1.26. The Kier molecular flexibility index (Phi) is 6.30. The highest BCUT2D eigenvalue weighted by Crippen LogP contribution is 2.24. The number of hydrogen-bond donors (Lipinski definition) is 2. The van der Waals surface area contributed by atoms with Gasteiger partial charge in [-0.15, -0.1) is 12.4 Å². The first-order chi connectivity index (χ1) is 9.11. The van der Waals surface area contributed by atoms with Gasteiger partial charge in [-0.3, -0.25) is 4.79 Å². The molecule has 1 aromatic rings. The van der Waals surface area contributed by atoms with Crippen LogP contribution in [0.1, 0.15) is 35.2 Å². The van der Waals surface area contributed by atoms with Gasteiger partial charge in [0, 0.05) is 13.1 Å². The van der Waals surface area contributed by atoms with Crippen molar-refractivity contribution in [1.29, 1.82) is 0 Å². The number of aromatic hydroxyl groups is 1. The maximum absolute atomic E-state index is 12.5. The highest BCUT2D eigenvalue weighted by atomic mass is 35.5. The van der Waals surface area contributed by atoms with Crippen molar-refractivity contribution in [2.45, 2.75) is 26.2 Å². The second-order valence-corrected chi connectivity index (χ2v) is 5.36. The fourth-order valence-electron chi connectivity index (χ4n) is 2.71. The zero-order chi connectivity index (χ0) is 13.8. The second kappa shape index (κ2) is 7.50. The number of phenols is 1. The van der Waals surface area contributed by atoms with Crippen LogP contribution >= 0.6 is 12.4 Å². The number of carbonyl (C=O) groups excluding carboxylic acids is 1. The summed E-state index contributed by atoms with van der Waals surface area (Å²) in [6, 6.07) is 5.15. The third-order valence-corrected chi connectivity index (χ3v) is 3.76. The summed E-state index contributed by atoms with van der Waals surface area (Å²) in [4.78, 5) is 14.3. The molecule has 0 bridgehead atoms. The molecule has 0 aromatic heterocycles. The van der Waals surface area contributed by atoms with Crippen molar-refractivity contribution in [1.82, 2.24) is 4.90 Å². The van der Waals surface area contributed by atoms with Crippen molar-refractivity contribution in [2.24, 2.45) is 11.7 Å². The second-order valence-electron chi connectivity index (χ2n) is 5.36. The predicted octanol–water partition coefficient (Wildman–Crippen LogP) is 2.32. The van der Waals surface area contributed by atoms with Crippen molar-refractivity contribution in [3.8, 4) is 5.75 Å². The van der Waals surface area contributed by atoms with Gasteiger partial charge in [-0.25, -0.2) is 0 Å². The third kappa shape index (κ3) is 3.87. The van der Waals surface area contributed by atoms with Crippen LogP contribution in [0.3, 0.4) is 0 Å². The topological polar surface area (TPSA) is 66.6 Å². The van der Waals surface area contributed by atoms with E-state index in [1.54, 1.807) is 18.2 Å². The number of piperidine rings is 1. The molecule has 1 amide bonds. The number of carbonyl (C=O) groups is 1. The molecule has 0 saturated carbocycles. The van der Waals surface area contributed by atoms with Gasteiger partial charge in [-0.1, -0.05) is 11.6 Å². The van der Waals surface area contributed by atoms with Crippen molar-refractivity contribution < 1.29 is 9.90 Å². The Morgan fingerprint density at radius 1 is 1.50 bits per heavy atom. The van der Waals surface area contributed by atoms with Crippen LogP contribution < -0.4 is 5.73 Å². The molecule has 1 saturated heterocycles. The zero-order valence-corrected chi connectivity index (χ0v) is 12.7. The van der Waals surface area contributed by atoms with Crippen molar-refractivity contribution in [2.75, 3.05) is 19.6 Å². The molecule has 5 heteroatoms. The molecule has 112 valence electrons. The standard InChI is InChI=1S/C15H22N2O2.ClH/c1-11-4-5-14(18)13(9-11)15(19)17-8-2-3-12(10-17)6-7-16;/h4-5,9,12,18H,2-3,6-8,10,16H2,1H3;1H. The molecule has 4 nitrogen and oxygen atoms in total. The number of hydrogen-bond acceptors (Lipinski definition) is 3. The van der Waals surface area contributed by atoms with Crippen LogP contribution in [0, 0.1) is 12.8 Å². The number of amides is 1. The smallest absolute Gasteiger partial charge is 0.257 e. The van der Waals surface area contributed by atoms with Crippen LogP contribution in [-0.2, 0) is 0 Å². The number of phenolic OH excluding ortho intramolecular Hbond substituents is 1. The first-order valence-electron chi connectivity index (χ1n) is 6.90. The van der Waals surface area contributed by atoms with Gasteiger partial charge in [0.2, 0.25) is 0 Å². The summed E-state index contributed by atoms with van der Waals surface area (Å²) in [5, 5.41) is 9.84. The van der Waals surface area contributed by atoms with Gasteiger partial charge < -0.3 is 15.7 Å². The molecule has 1 aliphatic heterocycles. The molecule has 1 aliphatic rings. The monoisotopic (exact) mass is 298 g/mol. The highest BCUT2D eigenvalue weighted by Gasteiger charge is 2.25. The molecule has 20 heavy (non-hydrogen) atoms. The van der Waals surface area contributed by atoms with Crippen LogP contribution in [0.4, 0.5) is 0 Å². The number of rotatable bonds is 3. The van der Waals surface area contributed by atoms with Crippen LogP contribution in [0.15, 0.2) is 18.2 Å². The lowest BCUT2D eigenvalue weighted by Crippen LogP contribution is -2.40. The molecule has 0 spiro atoms. The van der Waals surface area contributed by atoms with Gasteiger partial charge in [-0.2, -0.15) is 0 Å². The molecule has 0 aliphatic carbocycles. The number of likely N-dealkylation sites (tertiary alicyclic amines) is 1. The van der Waals surface area contributed by atoms with Gasteiger partial charge in [0.15, 0.2) is 0 Å². The van der Waals surface area contributed by atoms with E-state index in [0.29, 0.717) is 18.0 Å². The van der Waals surface area contributed by atoms with E-state index < -0.39 is 0 Å². The van der Waals surface area contributed by atoms with Crippen molar-refractivity contribution >= 4 is 18.3 Å². The number of halogens is 1. The maximum atomic E-state index is 12.5. The Balaban J connectivity index is 0.00000200. The third-order valence-electron chi connectivity index (χ3n) is 3.76. The lowest BCUT2D eigenvalue weighted by Gasteiger charge is -2.32. The Morgan fingerprint density at radius 3 is 2.95 bits per heavy atom. The molecule has 1 heterocycles. The Bertz CT molecular complexity index is 463. The van der Waals surface area contributed by atoms with Gasteiger partial charge in [0.1, 0.15) is 5.75 Å². The minimum atomic E-state index is -0.0667. The number of benzene rings is 1. The number of nitrogens with two attached hydrogens (primary N) is 1. The van der Waals surface area contributed by atoms with E-state index in [9.17, 15) is 9.90 Å². The minimum absolute atomic E-state index is 0. The molecule has 0 radical (unpaired) electrons. The molecular formula is C15H23ClN2O2. The predicted molar refractivity (Wildman–Crippen MR) is 82.4 cm³/mol. The fraction of sp³-hybridized carbons (Fsp3) is 0.533. The number of aryl methyl sites for hydroxylation is 1. The molecule has 2 rings (SSSR count). The SMILES string of the molecule is Cc1ccc(O)c(C(=O)N2CCCC(CCN)C2)c1.Cl. The van der Waals surface area contributed by atoms with Crippen molar-refractivity contribution in [3.63, 3.8) is 0 Å². The average molecular weight is 299 g/mol. The van der Waals surface area contributed by atoms with E-state index in [2.05, 4.69) is 0 Å². The average Bonchev–Trinajstić information content (AvgIpc) is 2.41. The van der Waals surface area contributed by atoms with E-state index in [4.69, 9.17) is 5.73 Å². The fourth-order valence-corrected chi connectivity index (χ4v) is 2.71. The van der Waals surface area contributed by atoms with E-state index in [1.165, 1.54) is 0 Å². The Labute approximate surface area is 126 Å². The molecule has 3 N–H and O–H groups in total.